The summed E-state index contributed by atoms with van der Waals surface area (Å²) in [5.74, 6) is 0. The Bertz CT molecular complexity index is 275. The normalized spacial score (nSPS) is 34.7. The van der Waals surface area contributed by atoms with Crippen molar-refractivity contribution in [3.8, 4) is 0 Å². The zero-order valence-corrected chi connectivity index (χ0v) is 13.4. The molecule has 0 aliphatic heterocycles. The molecule has 0 heterocycles. The van der Waals surface area contributed by atoms with Crippen molar-refractivity contribution in [1.29, 1.82) is 0 Å². The molecule has 1 fully saturated rings. The van der Waals surface area contributed by atoms with E-state index in [0.29, 0.717) is 0 Å². The molecule has 18 heavy (non-hydrogen) atoms. The van der Waals surface area contributed by atoms with Gasteiger partial charge in [-0.15, -0.1) is 0 Å². The molecule has 0 unspecified atom stereocenters. The smallest absolute Gasteiger partial charge is 0.192 e. The molecule has 1 rings (SSSR count). The third kappa shape index (κ3) is 3.33. The summed E-state index contributed by atoms with van der Waals surface area (Å²) in [4.78, 5) is 0. The maximum absolute atomic E-state index is 10.1. The molecule has 4 atom stereocenters. The van der Waals surface area contributed by atoms with Gasteiger partial charge < -0.3 is 19.4 Å². The Balaban J connectivity index is 2.70. The molecule has 1 saturated carbocycles. The lowest BCUT2D eigenvalue weighted by Gasteiger charge is -2.44. The molecule has 2 N–H and O–H groups in total. The van der Waals surface area contributed by atoms with Crippen LogP contribution in [0.1, 0.15) is 33.6 Å². The maximum Gasteiger partial charge on any atom is 0.192 e. The Kier molecular flexibility index (Phi) is 5.00. The summed E-state index contributed by atoms with van der Waals surface area (Å²) in [6, 6.07) is 0. The fraction of sp³-hybridized carbons (Fsp3) is 1.00. The van der Waals surface area contributed by atoms with Crippen molar-refractivity contribution >= 4 is 8.32 Å². The van der Waals surface area contributed by atoms with Crippen LogP contribution in [0.4, 0.5) is 0 Å². The van der Waals surface area contributed by atoms with E-state index in [-0.39, 0.29) is 17.2 Å². The molecule has 1 aliphatic carbocycles. The van der Waals surface area contributed by atoms with Crippen LogP contribution in [0.5, 0.6) is 0 Å². The summed E-state index contributed by atoms with van der Waals surface area (Å²) in [7, 11) is -0.343. The molecule has 0 bridgehead atoms. The van der Waals surface area contributed by atoms with Crippen LogP contribution in [-0.4, -0.2) is 50.1 Å². The fourth-order valence-corrected chi connectivity index (χ4v) is 3.42. The minimum absolute atomic E-state index is 0.107. The first-order chi connectivity index (χ1) is 8.10. The Hall–Kier alpha value is 0.0569. The average Bonchev–Trinajstić information content (AvgIpc) is 2.23. The van der Waals surface area contributed by atoms with Gasteiger partial charge in [0.1, 0.15) is 12.2 Å². The topological polar surface area (TPSA) is 58.9 Å². The van der Waals surface area contributed by atoms with E-state index < -0.39 is 20.5 Å². The molecule has 0 aromatic carbocycles. The van der Waals surface area contributed by atoms with Gasteiger partial charge in [-0.2, -0.15) is 0 Å². The molecule has 5 heteroatoms. The number of aliphatic hydroxyl groups is 2. The summed E-state index contributed by atoms with van der Waals surface area (Å²) in [5, 5.41) is 20.2. The number of aliphatic hydroxyl groups excluding tert-OH is 2. The predicted molar refractivity (Wildman–Crippen MR) is 74.1 cm³/mol. The van der Waals surface area contributed by atoms with Crippen molar-refractivity contribution in [3.05, 3.63) is 0 Å². The lowest BCUT2D eigenvalue weighted by molar-refractivity contribution is -0.140. The lowest BCUT2D eigenvalue weighted by atomic mass is 9.90. The van der Waals surface area contributed by atoms with Gasteiger partial charge in [0, 0.05) is 7.11 Å². The number of ether oxygens (including phenoxy) is 1. The second-order valence-corrected chi connectivity index (χ2v) is 11.5. The average molecular weight is 276 g/mol. The molecule has 1 aliphatic rings. The quantitative estimate of drug-likeness (QED) is 0.773. The highest BCUT2D eigenvalue weighted by Crippen LogP contribution is 2.39. The number of hydrogen-bond acceptors (Lipinski definition) is 4. The van der Waals surface area contributed by atoms with Crippen molar-refractivity contribution < 1.29 is 19.4 Å². The monoisotopic (exact) mass is 276 g/mol. The highest BCUT2D eigenvalue weighted by Gasteiger charge is 2.44. The van der Waals surface area contributed by atoms with Gasteiger partial charge >= 0.3 is 0 Å². The fourth-order valence-electron chi connectivity index (χ4n) is 2.05. The molecule has 108 valence electrons. The highest BCUT2D eigenvalue weighted by molar-refractivity contribution is 6.74. The molecular formula is C13H28O4Si. The van der Waals surface area contributed by atoms with E-state index in [0.717, 1.165) is 12.8 Å². The van der Waals surface area contributed by atoms with Crippen LogP contribution in [0.2, 0.25) is 18.1 Å². The van der Waals surface area contributed by atoms with Gasteiger partial charge in [-0.25, -0.2) is 0 Å². The van der Waals surface area contributed by atoms with E-state index in [1.54, 1.807) is 7.11 Å². The van der Waals surface area contributed by atoms with Gasteiger partial charge in [0.15, 0.2) is 8.32 Å². The summed E-state index contributed by atoms with van der Waals surface area (Å²) < 4.78 is 11.4. The largest absolute Gasteiger partial charge is 0.411 e. The second-order valence-electron chi connectivity index (χ2n) is 6.75. The lowest BCUT2D eigenvalue weighted by Crippen LogP contribution is -2.55. The third-order valence-corrected chi connectivity index (χ3v) is 8.91. The minimum atomic E-state index is -1.91. The van der Waals surface area contributed by atoms with Gasteiger partial charge in [0.05, 0.1) is 12.2 Å². The van der Waals surface area contributed by atoms with Crippen LogP contribution < -0.4 is 0 Å². The van der Waals surface area contributed by atoms with E-state index >= 15 is 0 Å². The Morgan fingerprint density at radius 2 is 1.44 bits per heavy atom. The summed E-state index contributed by atoms with van der Waals surface area (Å²) >= 11 is 0. The van der Waals surface area contributed by atoms with Crippen LogP contribution >= 0.6 is 0 Å². The first kappa shape index (κ1) is 16.1. The summed E-state index contributed by atoms with van der Waals surface area (Å²) in [5.41, 5.74) is 0. The third-order valence-electron chi connectivity index (χ3n) is 4.40. The molecule has 0 amide bonds. The molecule has 0 aromatic heterocycles. The van der Waals surface area contributed by atoms with Crippen molar-refractivity contribution in [2.45, 2.75) is 76.2 Å². The molecule has 0 spiro atoms. The van der Waals surface area contributed by atoms with E-state index in [9.17, 15) is 10.2 Å². The summed E-state index contributed by atoms with van der Waals surface area (Å²) in [6.07, 6.45) is -0.778. The molecule has 0 saturated heterocycles. The molecule has 0 radical (unpaired) electrons. The highest BCUT2D eigenvalue weighted by atomic mass is 28.4. The van der Waals surface area contributed by atoms with Crippen molar-refractivity contribution in [2.24, 2.45) is 0 Å². The first-order valence-corrected chi connectivity index (χ1v) is 9.57. The molecular weight excluding hydrogens is 248 g/mol. The predicted octanol–water partition coefficient (Wildman–Crippen LogP) is 1.91. The van der Waals surface area contributed by atoms with Crippen LogP contribution in [0.15, 0.2) is 0 Å². The van der Waals surface area contributed by atoms with E-state index in [2.05, 4.69) is 33.9 Å². The minimum Gasteiger partial charge on any atom is -0.411 e. The molecule has 4 nitrogen and oxygen atoms in total. The Morgan fingerprint density at radius 1 is 1.00 bits per heavy atom. The van der Waals surface area contributed by atoms with Gasteiger partial charge in [0.2, 0.25) is 0 Å². The van der Waals surface area contributed by atoms with Crippen LogP contribution in [0.25, 0.3) is 0 Å². The number of methoxy groups -OCH3 is 1. The van der Waals surface area contributed by atoms with Crippen molar-refractivity contribution in [2.75, 3.05) is 7.11 Å². The maximum atomic E-state index is 10.1. The van der Waals surface area contributed by atoms with E-state index in [1.165, 1.54) is 0 Å². The van der Waals surface area contributed by atoms with Crippen molar-refractivity contribution in [1.82, 2.24) is 0 Å². The Morgan fingerprint density at radius 3 is 1.89 bits per heavy atom. The van der Waals surface area contributed by atoms with Crippen LogP contribution in [-0.2, 0) is 9.16 Å². The van der Waals surface area contributed by atoms with Gasteiger partial charge in [0.25, 0.3) is 0 Å². The second kappa shape index (κ2) is 5.59. The number of rotatable bonds is 3. The molecule has 0 aromatic rings. The summed E-state index contributed by atoms with van der Waals surface area (Å²) in [6.45, 7) is 10.8. The Labute approximate surface area is 111 Å². The van der Waals surface area contributed by atoms with E-state index in [1.807, 2.05) is 0 Å². The van der Waals surface area contributed by atoms with Crippen LogP contribution in [0.3, 0.4) is 0 Å². The standard InChI is InChI=1S/C13H28O4Si/c1-13(2,3)18(5,6)17-10-8-7-9(16-4)11(14)12(10)15/h9-12,14-15H,7-8H2,1-6H3/t9-,10-,11-,12+/m1/s1. The van der Waals surface area contributed by atoms with Crippen molar-refractivity contribution in [3.63, 3.8) is 0 Å². The van der Waals surface area contributed by atoms with E-state index in [4.69, 9.17) is 9.16 Å². The van der Waals surface area contributed by atoms with Gasteiger partial charge in [-0.3, -0.25) is 0 Å². The zero-order chi connectivity index (χ0) is 14.1. The first-order valence-electron chi connectivity index (χ1n) is 6.67. The SMILES string of the molecule is CO[C@@H]1CC[C@@H](O[Si](C)(C)C(C)(C)C)[C@H](O)[C@@H]1O. The van der Waals surface area contributed by atoms with Crippen LogP contribution in [0, 0.1) is 0 Å². The number of hydrogen-bond donors (Lipinski definition) is 2. The zero-order valence-electron chi connectivity index (χ0n) is 12.4. The van der Waals surface area contributed by atoms with Gasteiger partial charge in [-0.05, 0) is 31.0 Å². The van der Waals surface area contributed by atoms with Gasteiger partial charge in [-0.1, -0.05) is 20.8 Å².